The van der Waals surface area contributed by atoms with E-state index < -0.39 is 0 Å². The normalized spacial score (nSPS) is 11.2. The number of rotatable bonds is 4. The lowest BCUT2D eigenvalue weighted by atomic mass is 10.2. The van der Waals surface area contributed by atoms with E-state index in [1.165, 1.54) is 5.56 Å². The van der Waals surface area contributed by atoms with Crippen LogP contribution in [0.1, 0.15) is 11.3 Å². The maximum atomic E-state index is 4.23. The van der Waals surface area contributed by atoms with Gasteiger partial charge in [-0.25, -0.2) is 0 Å². The fourth-order valence-corrected chi connectivity index (χ4v) is 2.19. The van der Waals surface area contributed by atoms with Crippen LogP contribution in [0.2, 0.25) is 0 Å². The standard InChI is InChI=1S/C15H15N5/c1-16-10-13-15(18-19-17-13)14-8-5-9-20(14)11-12-6-3-2-4-7-12/h2-10H,11H2,1H3,(H,17,18,19). The van der Waals surface area contributed by atoms with E-state index in [4.69, 9.17) is 0 Å². The zero-order valence-electron chi connectivity index (χ0n) is 11.2. The van der Waals surface area contributed by atoms with Crippen LogP contribution in [0.4, 0.5) is 0 Å². The highest BCUT2D eigenvalue weighted by Crippen LogP contribution is 2.20. The van der Waals surface area contributed by atoms with Crippen LogP contribution in [0.25, 0.3) is 11.4 Å². The lowest BCUT2D eigenvalue weighted by molar-refractivity contribution is 0.810. The van der Waals surface area contributed by atoms with Gasteiger partial charge in [0.05, 0.1) is 11.9 Å². The van der Waals surface area contributed by atoms with Gasteiger partial charge in [-0.3, -0.25) is 4.99 Å². The largest absolute Gasteiger partial charge is 0.342 e. The second kappa shape index (κ2) is 5.52. The van der Waals surface area contributed by atoms with Gasteiger partial charge in [0.2, 0.25) is 0 Å². The quantitative estimate of drug-likeness (QED) is 0.736. The van der Waals surface area contributed by atoms with Crippen molar-refractivity contribution in [1.29, 1.82) is 0 Å². The van der Waals surface area contributed by atoms with Crippen LogP contribution in [-0.4, -0.2) is 33.2 Å². The minimum absolute atomic E-state index is 0.750. The first-order valence-corrected chi connectivity index (χ1v) is 6.41. The van der Waals surface area contributed by atoms with Crippen molar-refractivity contribution in [3.63, 3.8) is 0 Å². The van der Waals surface area contributed by atoms with Crippen molar-refractivity contribution >= 4 is 6.21 Å². The van der Waals surface area contributed by atoms with Crippen molar-refractivity contribution in [3.05, 3.63) is 59.9 Å². The van der Waals surface area contributed by atoms with E-state index in [1.807, 2.05) is 36.5 Å². The molecule has 3 aromatic rings. The predicted molar refractivity (Wildman–Crippen MR) is 78.9 cm³/mol. The van der Waals surface area contributed by atoms with Crippen molar-refractivity contribution in [2.45, 2.75) is 6.54 Å². The lowest BCUT2D eigenvalue weighted by Gasteiger charge is -2.07. The summed E-state index contributed by atoms with van der Waals surface area (Å²) in [6.07, 6.45) is 3.75. The van der Waals surface area contributed by atoms with Crippen LogP contribution in [-0.2, 0) is 6.54 Å². The maximum Gasteiger partial charge on any atom is 0.138 e. The molecule has 0 amide bonds. The van der Waals surface area contributed by atoms with Gasteiger partial charge in [0.1, 0.15) is 11.4 Å². The van der Waals surface area contributed by atoms with Crippen molar-refractivity contribution < 1.29 is 0 Å². The molecule has 2 aromatic heterocycles. The van der Waals surface area contributed by atoms with Gasteiger partial charge in [0.25, 0.3) is 0 Å². The summed E-state index contributed by atoms with van der Waals surface area (Å²) in [6, 6.07) is 14.4. The zero-order chi connectivity index (χ0) is 13.8. The molecule has 0 saturated carbocycles. The minimum Gasteiger partial charge on any atom is -0.342 e. The molecule has 0 aliphatic carbocycles. The van der Waals surface area contributed by atoms with Gasteiger partial charge in [0.15, 0.2) is 0 Å². The van der Waals surface area contributed by atoms with E-state index in [0.717, 1.165) is 23.6 Å². The van der Waals surface area contributed by atoms with Crippen LogP contribution in [0.3, 0.4) is 0 Å². The highest BCUT2D eigenvalue weighted by molar-refractivity contribution is 5.85. The van der Waals surface area contributed by atoms with Crippen LogP contribution < -0.4 is 0 Å². The molecule has 0 fully saturated rings. The summed E-state index contributed by atoms with van der Waals surface area (Å²) in [7, 11) is 1.72. The van der Waals surface area contributed by atoms with Crippen molar-refractivity contribution in [1.82, 2.24) is 20.0 Å². The molecule has 0 radical (unpaired) electrons. The SMILES string of the molecule is CN=Cc1n[nH]nc1-c1cccn1Cc1ccccc1. The Hall–Kier alpha value is -2.69. The van der Waals surface area contributed by atoms with Crippen LogP contribution in [0, 0.1) is 0 Å². The molecule has 5 heteroatoms. The summed E-state index contributed by atoms with van der Waals surface area (Å²) in [6.45, 7) is 0.804. The number of hydrogen-bond donors (Lipinski definition) is 1. The van der Waals surface area contributed by atoms with E-state index >= 15 is 0 Å². The average molecular weight is 265 g/mol. The maximum absolute atomic E-state index is 4.23. The van der Waals surface area contributed by atoms with Gasteiger partial charge < -0.3 is 4.57 Å². The van der Waals surface area contributed by atoms with Crippen LogP contribution in [0.15, 0.2) is 53.7 Å². The van der Waals surface area contributed by atoms with Gasteiger partial charge in [-0.05, 0) is 17.7 Å². The second-order valence-electron chi connectivity index (χ2n) is 4.45. The van der Waals surface area contributed by atoms with Gasteiger partial charge in [-0.1, -0.05) is 30.3 Å². The number of hydrogen-bond acceptors (Lipinski definition) is 3. The fourth-order valence-electron chi connectivity index (χ4n) is 2.19. The number of H-pyrrole nitrogens is 1. The molecular weight excluding hydrogens is 250 g/mol. The molecule has 1 N–H and O–H groups in total. The highest BCUT2D eigenvalue weighted by Gasteiger charge is 2.12. The second-order valence-corrected chi connectivity index (χ2v) is 4.45. The number of aromatic nitrogens is 4. The summed E-state index contributed by atoms with van der Waals surface area (Å²) in [5.41, 5.74) is 3.84. The third-order valence-corrected chi connectivity index (χ3v) is 3.09. The molecule has 100 valence electrons. The molecule has 20 heavy (non-hydrogen) atoms. The number of nitrogens with zero attached hydrogens (tertiary/aromatic N) is 4. The minimum atomic E-state index is 0.750. The molecule has 0 saturated heterocycles. The Morgan fingerprint density at radius 3 is 2.80 bits per heavy atom. The zero-order valence-corrected chi connectivity index (χ0v) is 11.2. The Morgan fingerprint density at radius 1 is 1.15 bits per heavy atom. The first-order chi connectivity index (χ1) is 9.88. The van der Waals surface area contributed by atoms with Crippen molar-refractivity contribution in [2.75, 3.05) is 7.05 Å². The monoisotopic (exact) mass is 265 g/mol. The van der Waals surface area contributed by atoms with E-state index in [1.54, 1.807) is 13.3 Å². The third-order valence-electron chi connectivity index (χ3n) is 3.09. The Kier molecular flexibility index (Phi) is 3.41. The molecule has 2 heterocycles. The molecule has 0 unspecified atom stereocenters. The molecule has 0 atom stereocenters. The summed E-state index contributed by atoms with van der Waals surface area (Å²) >= 11 is 0. The predicted octanol–water partition coefficient (Wildman–Crippen LogP) is 2.37. The van der Waals surface area contributed by atoms with E-state index in [-0.39, 0.29) is 0 Å². The molecular formula is C15H15N5. The number of benzene rings is 1. The number of aliphatic imine (C=N–C) groups is 1. The summed E-state index contributed by atoms with van der Waals surface area (Å²) in [5, 5.41) is 11.0. The molecule has 0 bridgehead atoms. The van der Waals surface area contributed by atoms with Gasteiger partial charge >= 0.3 is 0 Å². The van der Waals surface area contributed by atoms with E-state index in [0.29, 0.717) is 0 Å². The number of nitrogens with one attached hydrogen (secondary N) is 1. The Bertz CT molecular complexity index is 709. The Balaban J connectivity index is 1.96. The third kappa shape index (κ3) is 2.38. The molecule has 0 aliphatic heterocycles. The van der Waals surface area contributed by atoms with Gasteiger partial charge in [-0.2, -0.15) is 15.4 Å². The smallest absolute Gasteiger partial charge is 0.138 e. The van der Waals surface area contributed by atoms with Crippen molar-refractivity contribution in [3.8, 4) is 11.4 Å². The molecule has 1 aromatic carbocycles. The van der Waals surface area contributed by atoms with Gasteiger partial charge in [0, 0.05) is 19.8 Å². The summed E-state index contributed by atoms with van der Waals surface area (Å²) in [4.78, 5) is 4.01. The molecule has 5 nitrogen and oxygen atoms in total. The first-order valence-electron chi connectivity index (χ1n) is 6.41. The number of aromatic amines is 1. The Morgan fingerprint density at radius 2 is 2.00 bits per heavy atom. The van der Waals surface area contributed by atoms with Crippen molar-refractivity contribution in [2.24, 2.45) is 4.99 Å². The van der Waals surface area contributed by atoms with Gasteiger partial charge in [-0.15, -0.1) is 0 Å². The highest BCUT2D eigenvalue weighted by atomic mass is 15.3. The molecule has 0 spiro atoms. The summed E-state index contributed by atoms with van der Waals surface area (Å²) < 4.78 is 2.15. The van der Waals surface area contributed by atoms with Crippen LogP contribution in [0.5, 0.6) is 0 Å². The topological polar surface area (TPSA) is 58.9 Å². The van der Waals surface area contributed by atoms with E-state index in [9.17, 15) is 0 Å². The fraction of sp³-hybridized carbons (Fsp3) is 0.133. The summed E-state index contributed by atoms with van der Waals surface area (Å²) in [5.74, 6) is 0. The van der Waals surface area contributed by atoms with Crippen LogP contribution >= 0.6 is 0 Å². The Labute approximate surface area is 117 Å². The molecule has 0 aliphatic rings. The molecule has 3 rings (SSSR count). The average Bonchev–Trinajstić information content (AvgIpc) is 3.09. The first kappa shape index (κ1) is 12.3. The van der Waals surface area contributed by atoms with E-state index in [2.05, 4.69) is 37.1 Å². The lowest BCUT2D eigenvalue weighted by Crippen LogP contribution is -2.01.